The van der Waals surface area contributed by atoms with Crippen LogP contribution in [0.1, 0.15) is 16.8 Å². The Labute approximate surface area is 156 Å². The van der Waals surface area contributed by atoms with Gasteiger partial charge in [-0.15, -0.1) is 12.4 Å². The SMILES string of the molecule is Cl.O=C(CC1CSCCN1)Nc1cccc(NC(=O)c2ccoc2)c1. The summed E-state index contributed by atoms with van der Waals surface area (Å²) < 4.78 is 4.90. The molecule has 1 unspecified atom stereocenters. The van der Waals surface area contributed by atoms with Gasteiger partial charge in [0.25, 0.3) is 5.91 Å². The number of thioether (sulfide) groups is 1. The summed E-state index contributed by atoms with van der Waals surface area (Å²) in [6, 6.07) is 8.90. The molecule has 0 radical (unpaired) electrons. The molecule has 1 aromatic heterocycles. The average molecular weight is 382 g/mol. The summed E-state index contributed by atoms with van der Waals surface area (Å²) in [5.74, 6) is 1.76. The van der Waals surface area contributed by atoms with Gasteiger partial charge in [-0.2, -0.15) is 11.8 Å². The highest BCUT2D eigenvalue weighted by molar-refractivity contribution is 7.99. The lowest BCUT2D eigenvalue weighted by Crippen LogP contribution is -2.39. The van der Waals surface area contributed by atoms with Crippen LogP contribution in [0.25, 0.3) is 0 Å². The van der Waals surface area contributed by atoms with E-state index < -0.39 is 0 Å². The van der Waals surface area contributed by atoms with Crippen LogP contribution in [0.3, 0.4) is 0 Å². The van der Waals surface area contributed by atoms with Gasteiger partial charge in [-0.3, -0.25) is 9.59 Å². The molecule has 1 aliphatic rings. The summed E-state index contributed by atoms with van der Waals surface area (Å²) in [7, 11) is 0. The minimum Gasteiger partial charge on any atom is -0.472 e. The highest BCUT2D eigenvalue weighted by atomic mass is 35.5. The first kappa shape index (κ1) is 19.4. The largest absolute Gasteiger partial charge is 0.472 e. The summed E-state index contributed by atoms with van der Waals surface area (Å²) in [5, 5.41) is 8.99. The number of anilines is 2. The van der Waals surface area contributed by atoms with Gasteiger partial charge in [-0.05, 0) is 24.3 Å². The van der Waals surface area contributed by atoms with E-state index in [0.717, 1.165) is 18.1 Å². The van der Waals surface area contributed by atoms with Crippen LogP contribution in [0.2, 0.25) is 0 Å². The third-order valence-electron chi connectivity index (χ3n) is 3.62. The summed E-state index contributed by atoms with van der Waals surface area (Å²) >= 11 is 1.86. The molecule has 3 rings (SSSR count). The Hall–Kier alpha value is -1.96. The number of hydrogen-bond donors (Lipinski definition) is 3. The predicted octanol–water partition coefficient (Wildman–Crippen LogP) is 2.99. The number of nitrogens with one attached hydrogen (secondary N) is 3. The standard InChI is InChI=1S/C17H19N3O3S.ClH/c21-16(9-15-11-24-7-5-18-15)19-13-2-1-3-14(8-13)20-17(22)12-4-6-23-10-12;/h1-4,6,8,10,15,18H,5,7,9,11H2,(H,19,21)(H,20,22);1H. The van der Waals surface area contributed by atoms with Crippen molar-refractivity contribution in [3.8, 4) is 0 Å². The number of carbonyl (C=O) groups is 2. The minimum absolute atomic E-state index is 0. The Balaban J connectivity index is 0.00000225. The Bertz CT molecular complexity index is 703. The maximum atomic E-state index is 12.1. The third-order valence-corrected chi connectivity index (χ3v) is 4.75. The summed E-state index contributed by atoms with van der Waals surface area (Å²) in [6.45, 7) is 0.943. The Morgan fingerprint density at radius 2 is 2.04 bits per heavy atom. The second-order valence-electron chi connectivity index (χ2n) is 5.53. The number of carbonyl (C=O) groups excluding carboxylic acids is 2. The van der Waals surface area contributed by atoms with Crippen LogP contribution in [0, 0.1) is 0 Å². The van der Waals surface area contributed by atoms with Gasteiger partial charge < -0.3 is 20.4 Å². The molecule has 1 aromatic carbocycles. The number of benzene rings is 1. The van der Waals surface area contributed by atoms with Crippen LogP contribution in [0.15, 0.2) is 47.3 Å². The number of hydrogen-bond acceptors (Lipinski definition) is 5. The van der Waals surface area contributed by atoms with Gasteiger partial charge in [0, 0.05) is 41.9 Å². The lowest BCUT2D eigenvalue weighted by molar-refractivity contribution is -0.116. The molecule has 2 aromatic rings. The maximum Gasteiger partial charge on any atom is 0.258 e. The highest BCUT2D eigenvalue weighted by Crippen LogP contribution is 2.17. The van der Waals surface area contributed by atoms with Crippen molar-refractivity contribution in [2.45, 2.75) is 12.5 Å². The van der Waals surface area contributed by atoms with Gasteiger partial charge in [0.15, 0.2) is 0 Å². The van der Waals surface area contributed by atoms with E-state index in [2.05, 4.69) is 16.0 Å². The second-order valence-corrected chi connectivity index (χ2v) is 6.68. The summed E-state index contributed by atoms with van der Waals surface area (Å²) in [4.78, 5) is 24.1. The molecule has 6 nitrogen and oxygen atoms in total. The van der Waals surface area contributed by atoms with Gasteiger partial charge in [0.05, 0.1) is 11.8 Å². The van der Waals surface area contributed by atoms with Crippen molar-refractivity contribution in [1.82, 2.24) is 5.32 Å². The number of amides is 2. The molecule has 8 heteroatoms. The normalized spacial score (nSPS) is 16.6. The van der Waals surface area contributed by atoms with E-state index in [9.17, 15) is 9.59 Å². The molecule has 25 heavy (non-hydrogen) atoms. The molecule has 1 fully saturated rings. The van der Waals surface area contributed by atoms with Gasteiger partial charge in [0.1, 0.15) is 6.26 Å². The third kappa shape index (κ3) is 5.81. The van der Waals surface area contributed by atoms with E-state index in [1.165, 1.54) is 12.5 Å². The van der Waals surface area contributed by atoms with E-state index in [4.69, 9.17) is 4.42 Å². The van der Waals surface area contributed by atoms with Gasteiger partial charge >= 0.3 is 0 Å². The smallest absolute Gasteiger partial charge is 0.258 e. The molecule has 0 aliphatic carbocycles. The fourth-order valence-electron chi connectivity index (χ4n) is 2.46. The molecule has 1 aliphatic heterocycles. The lowest BCUT2D eigenvalue weighted by atomic mass is 10.2. The first-order chi connectivity index (χ1) is 11.7. The molecule has 0 bridgehead atoms. The summed E-state index contributed by atoms with van der Waals surface area (Å²) in [5.41, 5.74) is 1.73. The predicted molar refractivity (Wildman–Crippen MR) is 103 cm³/mol. The molecule has 3 N–H and O–H groups in total. The fraction of sp³-hybridized carbons (Fsp3) is 0.294. The van der Waals surface area contributed by atoms with E-state index in [1.807, 2.05) is 11.8 Å². The topological polar surface area (TPSA) is 83.4 Å². The zero-order valence-corrected chi connectivity index (χ0v) is 15.1. The van der Waals surface area contributed by atoms with Crippen molar-refractivity contribution >= 4 is 47.4 Å². The molecule has 0 spiro atoms. The van der Waals surface area contributed by atoms with Crippen molar-refractivity contribution in [2.75, 3.05) is 28.7 Å². The molecule has 2 amide bonds. The molecular weight excluding hydrogens is 362 g/mol. The van der Waals surface area contributed by atoms with Crippen molar-refractivity contribution in [3.05, 3.63) is 48.4 Å². The second kappa shape index (κ2) is 9.50. The van der Waals surface area contributed by atoms with E-state index >= 15 is 0 Å². The lowest BCUT2D eigenvalue weighted by Gasteiger charge is -2.22. The van der Waals surface area contributed by atoms with Crippen molar-refractivity contribution in [2.24, 2.45) is 0 Å². The molecular formula is C17H20ClN3O3S. The minimum atomic E-state index is -0.254. The first-order valence-corrected chi connectivity index (χ1v) is 8.91. The quantitative estimate of drug-likeness (QED) is 0.741. The van der Waals surface area contributed by atoms with Crippen LogP contribution in [0.4, 0.5) is 11.4 Å². The zero-order valence-electron chi connectivity index (χ0n) is 13.5. The molecule has 134 valence electrons. The van der Waals surface area contributed by atoms with E-state index in [1.54, 1.807) is 30.3 Å². The maximum absolute atomic E-state index is 12.1. The van der Waals surface area contributed by atoms with Crippen LogP contribution in [-0.2, 0) is 4.79 Å². The summed E-state index contributed by atoms with van der Waals surface area (Å²) in [6.07, 6.45) is 3.28. The number of halogens is 1. The van der Waals surface area contributed by atoms with Gasteiger partial charge in [-0.25, -0.2) is 0 Å². The van der Waals surface area contributed by atoms with Crippen molar-refractivity contribution in [3.63, 3.8) is 0 Å². The monoisotopic (exact) mass is 381 g/mol. The molecule has 0 saturated carbocycles. The van der Waals surface area contributed by atoms with E-state index in [0.29, 0.717) is 23.4 Å². The van der Waals surface area contributed by atoms with Crippen LogP contribution in [0.5, 0.6) is 0 Å². The van der Waals surface area contributed by atoms with Crippen molar-refractivity contribution < 1.29 is 14.0 Å². The fourth-order valence-corrected chi connectivity index (χ4v) is 3.41. The van der Waals surface area contributed by atoms with Gasteiger partial charge in [0.2, 0.25) is 5.91 Å². The number of furan rings is 1. The molecule has 2 heterocycles. The Morgan fingerprint density at radius 1 is 1.24 bits per heavy atom. The van der Waals surface area contributed by atoms with E-state index in [-0.39, 0.29) is 30.3 Å². The molecule has 1 atom stereocenters. The van der Waals surface area contributed by atoms with Crippen LogP contribution in [-0.4, -0.2) is 35.9 Å². The highest BCUT2D eigenvalue weighted by Gasteiger charge is 2.16. The first-order valence-electron chi connectivity index (χ1n) is 7.75. The number of rotatable bonds is 5. The van der Waals surface area contributed by atoms with Crippen LogP contribution >= 0.6 is 24.2 Å². The Kier molecular flexibility index (Phi) is 7.36. The Morgan fingerprint density at radius 3 is 2.72 bits per heavy atom. The zero-order chi connectivity index (χ0) is 16.8. The molecule has 1 saturated heterocycles. The van der Waals surface area contributed by atoms with Gasteiger partial charge in [-0.1, -0.05) is 6.07 Å². The van der Waals surface area contributed by atoms with Crippen molar-refractivity contribution in [1.29, 1.82) is 0 Å². The van der Waals surface area contributed by atoms with Crippen LogP contribution < -0.4 is 16.0 Å². The average Bonchev–Trinajstić information content (AvgIpc) is 3.10.